The fourth-order valence-electron chi connectivity index (χ4n) is 1.94. The van der Waals surface area contributed by atoms with Crippen molar-refractivity contribution < 1.29 is 9.72 Å². The van der Waals surface area contributed by atoms with Gasteiger partial charge in [0.2, 0.25) is 5.91 Å². The van der Waals surface area contributed by atoms with Crippen molar-refractivity contribution in [3.8, 4) is 6.07 Å². The number of carbonyl (C=O) groups excluding carboxylic acids is 1. The summed E-state index contributed by atoms with van der Waals surface area (Å²) in [5, 5.41) is 22.6. The first-order valence-electron chi connectivity index (χ1n) is 6.73. The van der Waals surface area contributed by atoms with Crippen LogP contribution in [0.4, 0.5) is 11.4 Å². The number of anilines is 1. The van der Waals surface area contributed by atoms with Gasteiger partial charge in [0.15, 0.2) is 0 Å². The Hall–Kier alpha value is -2.62. The minimum Gasteiger partial charge on any atom is -0.379 e. The molecule has 0 radical (unpaired) electrons. The highest BCUT2D eigenvalue weighted by molar-refractivity contribution is 5.77. The van der Waals surface area contributed by atoms with E-state index in [0.717, 1.165) is 0 Å². The van der Waals surface area contributed by atoms with Crippen LogP contribution in [-0.2, 0) is 4.79 Å². The fraction of sp³-hybridized carbons (Fsp3) is 0.429. The van der Waals surface area contributed by atoms with Gasteiger partial charge in [-0.3, -0.25) is 14.9 Å². The monoisotopic (exact) mass is 290 g/mol. The molecule has 0 atom stereocenters. The van der Waals surface area contributed by atoms with E-state index in [2.05, 4.69) is 5.32 Å². The molecular weight excluding hydrogens is 272 g/mol. The largest absolute Gasteiger partial charge is 0.379 e. The molecule has 1 aromatic rings. The Bertz CT molecular complexity index is 562. The van der Waals surface area contributed by atoms with Crippen LogP contribution < -0.4 is 5.32 Å². The lowest BCUT2D eigenvalue weighted by Crippen LogP contribution is -2.31. The topological polar surface area (TPSA) is 99.3 Å². The van der Waals surface area contributed by atoms with Gasteiger partial charge in [0.1, 0.15) is 5.69 Å². The maximum absolute atomic E-state index is 11.8. The summed E-state index contributed by atoms with van der Waals surface area (Å²) in [7, 11) is 0. The summed E-state index contributed by atoms with van der Waals surface area (Å²) in [5.74, 6) is 0.00352. The zero-order valence-corrected chi connectivity index (χ0v) is 12.1. The summed E-state index contributed by atoms with van der Waals surface area (Å²) in [4.78, 5) is 23.9. The van der Waals surface area contributed by atoms with Crippen molar-refractivity contribution in [2.45, 2.75) is 20.3 Å². The van der Waals surface area contributed by atoms with E-state index in [4.69, 9.17) is 5.26 Å². The smallest absolute Gasteiger partial charge is 0.293 e. The predicted molar refractivity (Wildman–Crippen MR) is 78.8 cm³/mol. The second kappa shape index (κ2) is 7.85. The maximum Gasteiger partial charge on any atom is 0.293 e. The van der Waals surface area contributed by atoms with E-state index >= 15 is 0 Å². The molecule has 0 aromatic heterocycles. The standard InChI is InChI=1S/C14H18N4O3/c1-3-17(4-2)14(19)7-8-16-12-6-5-11(10-15)9-13(12)18(20)21/h5-6,9,16H,3-4,7-8H2,1-2H3. The van der Waals surface area contributed by atoms with Crippen molar-refractivity contribution in [3.63, 3.8) is 0 Å². The molecular formula is C14H18N4O3. The van der Waals surface area contributed by atoms with Gasteiger partial charge in [-0.2, -0.15) is 5.26 Å². The number of hydrogen-bond acceptors (Lipinski definition) is 5. The summed E-state index contributed by atoms with van der Waals surface area (Å²) in [6.07, 6.45) is 0.263. The van der Waals surface area contributed by atoms with Gasteiger partial charge in [0.05, 0.1) is 16.6 Å². The van der Waals surface area contributed by atoms with Crippen LogP contribution in [0.2, 0.25) is 0 Å². The van der Waals surface area contributed by atoms with Crippen molar-refractivity contribution in [3.05, 3.63) is 33.9 Å². The number of amides is 1. The van der Waals surface area contributed by atoms with E-state index in [-0.39, 0.29) is 23.6 Å². The van der Waals surface area contributed by atoms with Gasteiger partial charge in [0, 0.05) is 32.1 Å². The molecule has 7 nitrogen and oxygen atoms in total. The summed E-state index contributed by atoms with van der Waals surface area (Å²) in [5.41, 5.74) is 0.377. The highest BCUT2D eigenvalue weighted by Gasteiger charge is 2.15. The molecule has 1 amide bonds. The quantitative estimate of drug-likeness (QED) is 0.612. The summed E-state index contributed by atoms with van der Waals surface area (Å²) >= 11 is 0. The molecule has 1 N–H and O–H groups in total. The Morgan fingerprint density at radius 3 is 2.62 bits per heavy atom. The van der Waals surface area contributed by atoms with Gasteiger partial charge < -0.3 is 10.2 Å². The number of nitriles is 1. The third-order valence-corrected chi connectivity index (χ3v) is 3.09. The number of benzene rings is 1. The summed E-state index contributed by atoms with van der Waals surface area (Å²) in [6.45, 7) is 5.40. The fourth-order valence-corrected chi connectivity index (χ4v) is 1.94. The predicted octanol–water partition coefficient (Wildman–Crippen LogP) is 2.14. The van der Waals surface area contributed by atoms with Gasteiger partial charge in [-0.25, -0.2) is 0 Å². The molecule has 21 heavy (non-hydrogen) atoms. The molecule has 0 heterocycles. The van der Waals surface area contributed by atoms with Crippen LogP contribution in [0.15, 0.2) is 18.2 Å². The molecule has 0 unspecified atom stereocenters. The molecule has 1 rings (SSSR count). The Morgan fingerprint density at radius 2 is 2.10 bits per heavy atom. The van der Waals surface area contributed by atoms with E-state index in [1.54, 1.807) is 4.90 Å². The van der Waals surface area contributed by atoms with Crippen molar-refractivity contribution in [1.82, 2.24) is 4.90 Å². The van der Waals surface area contributed by atoms with E-state index in [0.29, 0.717) is 25.3 Å². The lowest BCUT2D eigenvalue weighted by atomic mass is 10.2. The van der Waals surface area contributed by atoms with Crippen LogP contribution in [0.1, 0.15) is 25.8 Å². The first-order valence-corrected chi connectivity index (χ1v) is 6.73. The molecule has 0 saturated carbocycles. The average molecular weight is 290 g/mol. The molecule has 0 spiro atoms. The second-order valence-corrected chi connectivity index (χ2v) is 4.34. The molecule has 0 saturated heterocycles. The SMILES string of the molecule is CCN(CC)C(=O)CCNc1ccc(C#N)cc1[N+](=O)[O-]. The van der Waals surface area contributed by atoms with Crippen LogP contribution in [0.25, 0.3) is 0 Å². The van der Waals surface area contributed by atoms with Gasteiger partial charge in [0.25, 0.3) is 5.69 Å². The number of nitro groups is 1. The Balaban J connectivity index is 2.70. The number of nitro benzene ring substituents is 1. The van der Waals surface area contributed by atoms with E-state index in [9.17, 15) is 14.9 Å². The molecule has 1 aromatic carbocycles. The third-order valence-electron chi connectivity index (χ3n) is 3.09. The van der Waals surface area contributed by atoms with Gasteiger partial charge in [-0.1, -0.05) is 0 Å². The summed E-state index contributed by atoms with van der Waals surface area (Å²) < 4.78 is 0. The average Bonchev–Trinajstić information content (AvgIpc) is 2.48. The van der Waals surface area contributed by atoms with Crippen molar-refractivity contribution >= 4 is 17.3 Å². The molecule has 112 valence electrons. The Kier molecular flexibility index (Phi) is 6.14. The lowest BCUT2D eigenvalue weighted by Gasteiger charge is -2.18. The number of carbonyl (C=O) groups is 1. The maximum atomic E-state index is 11.8. The highest BCUT2D eigenvalue weighted by Crippen LogP contribution is 2.25. The molecule has 0 fully saturated rings. The molecule has 7 heteroatoms. The number of nitrogens with zero attached hydrogens (tertiary/aromatic N) is 3. The Labute approximate surface area is 123 Å². The molecule has 0 bridgehead atoms. The number of hydrogen-bond donors (Lipinski definition) is 1. The van der Waals surface area contributed by atoms with Crippen LogP contribution >= 0.6 is 0 Å². The normalized spacial score (nSPS) is 9.76. The number of nitrogens with one attached hydrogen (secondary N) is 1. The van der Waals surface area contributed by atoms with Crippen LogP contribution in [0.3, 0.4) is 0 Å². The second-order valence-electron chi connectivity index (χ2n) is 4.34. The third kappa shape index (κ3) is 4.45. The van der Waals surface area contributed by atoms with E-state index < -0.39 is 4.92 Å². The van der Waals surface area contributed by atoms with Crippen LogP contribution in [0.5, 0.6) is 0 Å². The lowest BCUT2D eigenvalue weighted by molar-refractivity contribution is -0.384. The van der Waals surface area contributed by atoms with Crippen molar-refractivity contribution in [2.75, 3.05) is 25.0 Å². The first kappa shape index (κ1) is 16.4. The van der Waals surface area contributed by atoms with Crippen molar-refractivity contribution in [1.29, 1.82) is 5.26 Å². The van der Waals surface area contributed by atoms with E-state index in [1.807, 2.05) is 19.9 Å². The van der Waals surface area contributed by atoms with Crippen LogP contribution in [-0.4, -0.2) is 35.4 Å². The first-order chi connectivity index (χ1) is 10.0. The van der Waals surface area contributed by atoms with Gasteiger partial charge >= 0.3 is 0 Å². The zero-order valence-electron chi connectivity index (χ0n) is 12.1. The molecule has 0 aliphatic rings. The van der Waals surface area contributed by atoms with E-state index in [1.165, 1.54) is 18.2 Å². The van der Waals surface area contributed by atoms with Gasteiger partial charge in [-0.15, -0.1) is 0 Å². The number of rotatable bonds is 7. The Morgan fingerprint density at radius 1 is 1.43 bits per heavy atom. The van der Waals surface area contributed by atoms with Gasteiger partial charge in [-0.05, 0) is 26.0 Å². The van der Waals surface area contributed by atoms with Crippen LogP contribution in [0, 0.1) is 21.4 Å². The minimum atomic E-state index is -0.546. The minimum absolute atomic E-state index is 0.00352. The van der Waals surface area contributed by atoms with Crippen molar-refractivity contribution in [2.24, 2.45) is 0 Å². The molecule has 0 aliphatic heterocycles. The summed E-state index contributed by atoms with van der Waals surface area (Å²) in [6, 6.07) is 6.06. The zero-order chi connectivity index (χ0) is 15.8. The molecule has 0 aliphatic carbocycles. The highest BCUT2D eigenvalue weighted by atomic mass is 16.6.